The van der Waals surface area contributed by atoms with Crippen LogP contribution >= 0.6 is 22.6 Å². The maximum absolute atomic E-state index is 11.9. The molecule has 4 nitrogen and oxygen atoms in total. The van der Waals surface area contributed by atoms with Gasteiger partial charge in [0.1, 0.15) is 5.54 Å². The van der Waals surface area contributed by atoms with Crippen molar-refractivity contribution in [2.45, 2.75) is 26.3 Å². The zero-order chi connectivity index (χ0) is 14.5. The van der Waals surface area contributed by atoms with Gasteiger partial charge in [-0.05, 0) is 53.6 Å². The van der Waals surface area contributed by atoms with Crippen LogP contribution in [0.25, 0.3) is 0 Å². The molecule has 19 heavy (non-hydrogen) atoms. The summed E-state index contributed by atoms with van der Waals surface area (Å²) < 4.78 is 1.10. The molecular weight excluding hydrogens is 353 g/mol. The van der Waals surface area contributed by atoms with Crippen molar-refractivity contribution >= 4 is 34.2 Å². The van der Waals surface area contributed by atoms with Crippen molar-refractivity contribution in [2.24, 2.45) is 5.92 Å². The van der Waals surface area contributed by atoms with Gasteiger partial charge in [-0.25, -0.2) is 0 Å². The maximum atomic E-state index is 11.9. The summed E-state index contributed by atoms with van der Waals surface area (Å²) in [6.07, 6.45) is 0. The van der Waals surface area contributed by atoms with E-state index in [-0.39, 0.29) is 18.4 Å². The van der Waals surface area contributed by atoms with Crippen molar-refractivity contribution in [3.63, 3.8) is 0 Å². The predicted molar refractivity (Wildman–Crippen MR) is 84.6 cm³/mol. The summed E-state index contributed by atoms with van der Waals surface area (Å²) in [5.74, 6) is -0.129. The molecule has 1 aromatic carbocycles. The molecule has 0 fully saturated rings. The Morgan fingerprint density at radius 1 is 1.53 bits per heavy atom. The number of nitrogens with one attached hydrogen (secondary N) is 2. The molecule has 0 saturated carbocycles. The van der Waals surface area contributed by atoms with Crippen LogP contribution in [0, 0.1) is 20.8 Å². The van der Waals surface area contributed by atoms with Crippen LogP contribution in [0.4, 0.5) is 5.69 Å². The molecule has 102 valence electrons. The Morgan fingerprint density at radius 2 is 2.21 bits per heavy atom. The molecule has 1 amide bonds. The minimum atomic E-state index is -0.829. The van der Waals surface area contributed by atoms with Crippen molar-refractivity contribution in [2.75, 3.05) is 11.9 Å². The number of nitrogens with zero attached hydrogens (tertiary/aromatic N) is 1. The molecule has 1 aromatic rings. The molecule has 1 unspecified atom stereocenters. The van der Waals surface area contributed by atoms with Crippen molar-refractivity contribution in [1.29, 1.82) is 5.26 Å². The van der Waals surface area contributed by atoms with Gasteiger partial charge in [0.05, 0.1) is 12.6 Å². The fourth-order valence-corrected chi connectivity index (χ4v) is 1.96. The van der Waals surface area contributed by atoms with Crippen molar-refractivity contribution in [1.82, 2.24) is 5.32 Å². The van der Waals surface area contributed by atoms with Crippen LogP contribution in [0.15, 0.2) is 24.3 Å². The van der Waals surface area contributed by atoms with E-state index in [4.69, 9.17) is 5.26 Å². The highest BCUT2D eigenvalue weighted by Gasteiger charge is 2.29. The van der Waals surface area contributed by atoms with E-state index in [1.165, 1.54) is 0 Å². The molecule has 0 radical (unpaired) electrons. The summed E-state index contributed by atoms with van der Waals surface area (Å²) >= 11 is 2.22. The summed E-state index contributed by atoms with van der Waals surface area (Å²) in [5, 5.41) is 14.9. The molecule has 0 aromatic heterocycles. The van der Waals surface area contributed by atoms with Gasteiger partial charge in [0, 0.05) is 9.26 Å². The monoisotopic (exact) mass is 371 g/mol. The Hall–Kier alpha value is -1.29. The highest BCUT2D eigenvalue weighted by atomic mass is 127. The zero-order valence-corrected chi connectivity index (χ0v) is 13.5. The van der Waals surface area contributed by atoms with Gasteiger partial charge in [0.25, 0.3) is 0 Å². The topological polar surface area (TPSA) is 64.9 Å². The van der Waals surface area contributed by atoms with Crippen LogP contribution in [-0.2, 0) is 4.79 Å². The first-order valence-corrected chi connectivity index (χ1v) is 7.17. The van der Waals surface area contributed by atoms with Gasteiger partial charge in [-0.3, -0.25) is 4.79 Å². The van der Waals surface area contributed by atoms with Crippen LogP contribution in [0.1, 0.15) is 20.8 Å². The van der Waals surface area contributed by atoms with Gasteiger partial charge >= 0.3 is 0 Å². The van der Waals surface area contributed by atoms with Crippen molar-refractivity contribution < 1.29 is 4.79 Å². The van der Waals surface area contributed by atoms with Gasteiger partial charge in [0.15, 0.2) is 0 Å². The Kier molecular flexibility index (Phi) is 5.60. The molecular formula is C14H18IN3O. The van der Waals surface area contributed by atoms with E-state index in [1.807, 2.05) is 38.1 Å². The first kappa shape index (κ1) is 15.8. The Balaban J connectivity index is 2.55. The van der Waals surface area contributed by atoms with Gasteiger partial charge in [0.2, 0.25) is 5.91 Å². The number of hydrogen-bond acceptors (Lipinski definition) is 3. The fourth-order valence-electron chi connectivity index (χ4n) is 1.42. The molecule has 1 atom stereocenters. The third kappa shape index (κ3) is 4.71. The summed E-state index contributed by atoms with van der Waals surface area (Å²) in [7, 11) is 0. The Bertz CT molecular complexity index is 496. The summed E-state index contributed by atoms with van der Waals surface area (Å²) in [5.41, 5.74) is 0.0643. The number of benzene rings is 1. The standard InChI is InChI=1S/C14H18IN3O/c1-10(2)14(3,9-16)18-13(19)8-17-12-6-4-5-11(15)7-12/h4-7,10,17H,8H2,1-3H3,(H,18,19). The average Bonchev–Trinajstić information content (AvgIpc) is 2.36. The van der Waals surface area contributed by atoms with E-state index in [1.54, 1.807) is 6.92 Å². The number of carbonyl (C=O) groups is 1. The van der Waals surface area contributed by atoms with E-state index in [9.17, 15) is 4.79 Å². The third-order valence-corrected chi connectivity index (χ3v) is 3.73. The van der Waals surface area contributed by atoms with Crippen LogP contribution in [-0.4, -0.2) is 18.0 Å². The molecule has 0 spiro atoms. The largest absolute Gasteiger partial charge is 0.376 e. The molecule has 0 saturated heterocycles. The van der Waals surface area contributed by atoms with Crippen LogP contribution in [0.5, 0.6) is 0 Å². The minimum absolute atomic E-state index is 0.0547. The highest BCUT2D eigenvalue weighted by Crippen LogP contribution is 2.15. The number of carbonyl (C=O) groups excluding carboxylic acids is 1. The molecule has 0 aliphatic heterocycles. The van der Waals surface area contributed by atoms with E-state index in [0.29, 0.717) is 0 Å². The predicted octanol–water partition coefficient (Wildman–Crippen LogP) is 2.76. The van der Waals surface area contributed by atoms with E-state index < -0.39 is 5.54 Å². The number of hydrogen-bond donors (Lipinski definition) is 2. The maximum Gasteiger partial charge on any atom is 0.240 e. The number of amides is 1. The zero-order valence-electron chi connectivity index (χ0n) is 11.3. The summed E-state index contributed by atoms with van der Waals surface area (Å²) in [4.78, 5) is 11.9. The average molecular weight is 371 g/mol. The Morgan fingerprint density at radius 3 is 2.74 bits per heavy atom. The fraction of sp³-hybridized carbons (Fsp3) is 0.429. The second-order valence-corrected chi connectivity index (χ2v) is 6.13. The lowest BCUT2D eigenvalue weighted by Crippen LogP contribution is -2.50. The SMILES string of the molecule is CC(C)C(C)(C#N)NC(=O)CNc1cccc(I)c1. The summed E-state index contributed by atoms with van der Waals surface area (Å²) in [6.45, 7) is 5.72. The molecule has 1 rings (SSSR count). The molecule has 0 bridgehead atoms. The second kappa shape index (κ2) is 6.75. The number of nitriles is 1. The van der Waals surface area contributed by atoms with Crippen LogP contribution in [0.3, 0.4) is 0 Å². The van der Waals surface area contributed by atoms with Crippen LogP contribution in [0.2, 0.25) is 0 Å². The van der Waals surface area contributed by atoms with Gasteiger partial charge < -0.3 is 10.6 Å². The lowest BCUT2D eigenvalue weighted by Gasteiger charge is -2.27. The Labute approximate surface area is 127 Å². The van der Waals surface area contributed by atoms with Gasteiger partial charge in [-0.15, -0.1) is 0 Å². The quantitative estimate of drug-likeness (QED) is 0.783. The third-order valence-electron chi connectivity index (χ3n) is 3.06. The van der Waals surface area contributed by atoms with Crippen molar-refractivity contribution in [3.05, 3.63) is 27.8 Å². The molecule has 5 heteroatoms. The molecule has 0 aliphatic carbocycles. The number of halogens is 1. The molecule has 2 N–H and O–H groups in total. The van der Waals surface area contributed by atoms with E-state index >= 15 is 0 Å². The summed E-state index contributed by atoms with van der Waals surface area (Å²) in [6, 6.07) is 9.93. The minimum Gasteiger partial charge on any atom is -0.376 e. The van der Waals surface area contributed by atoms with E-state index in [2.05, 4.69) is 39.3 Å². The molecule has 0 heterocycles. The van der Waals surface area contributed by atoms with Gasteiger partial charge in [-0.2, -0.15) is 5.26 Å². The second-order valence-electron chi connectivity index (χ2n) is 4.88. The number of anilines is 1. The molecule has 0 aliphatic rings. The lowest BCUT2D eigenvalue weighted by molar-refractivity contribution is -0.121. The van der Waals surface area contributed by atoms with E-state index in [0.717, 1.165) is 9.26 Å². The lowest BCUT2D eigenvalue weighted by atomic mass is 9.90. The van der Waals surface area contributed by atoms with Crippen LogP contribution < -0.4 is 10.6 Å². The van der Waals surface area contributed by atoms with Gasteiger partial charge in [-0.1, -0.05) is 19.9 Å². The smallest absolute Gasteiger partial charge is 0.240 e. The highest BCUT2D eigenvalue weighted by molar-refractivity contribution is 14.1. The first-order valence-electron chi connectivity index (χ1n) is 6.09. The normalized spacial score (nSPS) is 13.5. The van der Waals surface area contributed by atoms with Crippen molar-refractivity contribution in [3.8, 4) is 6.07 Å². The number of rotatable bonds is 5. The first-order chi connectivity index (χ1) is 8.87.